The third kappa shape index (κ3) is 2.46. The molecule has 0 aliphatic heterocycles. The molecular weight excluding hydrogens is 309 g/mol. The minimum atomic E-state index is 0.463. The van der Waals surface area contributed by atoms with Crippen molar-refractivity contribution in [3.8, 4) is 17.1 Å². The van der Waals surface area contributed by atoms with E-state index in [1.54, 1.807) is 16.8 Å². The van der Waals surface area contributed by atoms with Crippen LogP contribution in [-0.4, -0.2) is 20.2 Å². The zero-order valence-corrected chi connectivity index (χ0v) is 12.6. The molecule has 0 aliphatic rings. The van der Waals surface area contributed by atoms with Crippen LogP contribution in [0.25, 0.3) is 17.1 Å². The van der Waals surface area contributed by atoms with E-state index in [1.165, 1.54) is 0 Å². The maximum absolute atomic E-state index is 6.16. The minimum Gasteiger partial charge on any atom is -0.398 e. The Bertz CT molecular complexity index is 813. The highest BCUT2D eigenvalue weighted by Gasteiger charge is 2.14. The van der Waals surface area contributed by atoms with E-state index >= 15 is 0 Å². The van der Waals surface area contributed by atoms with Crippen molar-refractivity contribution < 1.29 is 0 Å². The van der Waals surface area contributed by atoms with Crippen molar-refractivity contribution in [1.82, 2.24) is 20.2 Å². The van der Waals surface area contributed by atoms with Gasteiger partial charge in [0.15, 0.2) is 5.82 Å². The van der Waals surface area contributed by atoms with E-state index in [0.717, 1.165) is 16.8 Å². The van der Waals surface area contributed by atoms with Crippen LogP contribution < -0.4 is 5.73 Å². The number of hydrogen-bond donors (Lipinski definition) is 1. The number of tetrazole rings is 1. The van der Waals surface area contributed by atoms with Crippen LogP contribution in [0.1, 0.15) is 5.56 Å². The van der Waals surface area contributed by atoms with Crippen LogP contribution in [0.2, 0.25) is 10.0 Å². The molecule has 0 radical (unpaired) electrons. The Balaban J connectivity index is 2.17. The van der Waals surface area contributed by atoms with E-state index in [0.29, 0.717) is 21.6 Å². The monoisotopic (exact) mass is 319 g/mol. The summed E-state index contributed by atoms with van der Waals surface area (Å²) in [4.78, 5) is 0. The summed E-state index contributed by atoms with van der Waals surface area (Å²) in [6, 6.07) is 10.9. The normalized spacial score (nSPS) is 10.8. The van der Waals surface area contributed by atoms with Crippen molar-refractivity contribution in [2.24, 2.45) is 0 Å². The lowest BCUT2D eigenvalue weighted by molar-refractivity contribution is 0.787. The largest absolute Gasteiger partial charge is 0.398 e. The molecule has 0 atom stereocenters. The third-order valence-corrected chi connectivity index (χ3v) is 3.93. The zero-order valence-electron chi connectivity index (χ0n) is 11.1. The Labute approximate surface area is 131 Å². The molecule has 5 nitrogen and oxygen atoms in total. The minimum absolute atomic E-state index is 0.463. The topological polar surface area (TPSA) is 69.6 Å². The Morgan fingerprint density at radius 1 is 1.10 bits per heavy atom. The van der Waals surface area contributed by atoms with Gasteiger partial charge in [0.2, 0.25) is 0 Å². The number of halogens is 2. The number of rotatable bonds is 2. The molecule has 106 valence electrons. The van der Waals surface area contributed by atoms with Crippen molar-refractivity contribution >= 4 is 28.9 Å². The lowest BCUT2D eigenvalue weighted by atomic mass is 10.1. The van der Waals surface area contributed by atoms with Gasteiger partial charge in [-0.05, 0) is 53.2 Å². The van der Waals surface area contributed by atoms with Crippen LogP contribution in [-0.2, 0) is 0 Å². The van der Waals surface area contributed by atoms with Crippen LogP contribution in [0.4, 0.5) is 5.69 Å². The maximum atomic E-state index is 6.16. The van der Waals surface area contributed by atoms with Gasteiger partial charge in [-0.25, -0.2) is 0 Å². The molecule has 1 heterocycles. The molecule has 0 bridgehead atoms. The number of anilines is 1. The molecule has 2 aromatic carbocycles. The molecule has 0 unspecified atom stereocenters. The van der Waals surface area contributed by atoms with Crippen molar-refractivity contribution in [2.75, 3.05) is 5.73 Å². The summed E-state index contributed by atoms with van der Waals surface area (Å²) in [6.07, 6.45) is 0. The van der Waals surface area contributed by atoms with Crippen molar-refractivity contribution in [3.63, 3.8) is 0 Å². The number of nitrogens with zero attached hydrogens (tertiary/aromatic N) is 4. The first-order chi connectivity index (χ1) is 10.1. The van der Waals surface area contributed by atoms with Gasteiger partial charge < -0.3 is 5.73 Å². The van der Waals surface area contributed by atoms with Gasteiger partial charge in [0.25, 0.3) is 0 Å². The summed E-state index contributed by atoms with van der Waals surface area (Å²) in [6.45, 7) is 1.92. The van der Waals surface area contributed by atoms with Gasteiger partial charge in [-0.3, -0.25) is 0 Å². The Morgan fingerprint density at radius 2 is 1.90 bits per heavy atom. The van der Waals surface area contributed by atoms with Crippen molar-refractivity contribution in [1.29, 1.82) is 0 Å². The summed E-state index contributed by atoms with van der Waals surface area (Å²) in [5.41, 5.74) is 8.73. The summed E-state index contributed by atoms with van der Waals surface area (Å²) in [5, 5.41) is 13.0. The lowest BCUT2D eigenvalue weighted by Crippen LogP contribution is -2.02. The summed E-state index contributed by atoms with van der Waals surface area (Å²) < 4.78 is 1.63. The summed E-state index contributed by atoms with van der Waals surface area (Å²) in [5.74, 6) is 0.572. The molecule has 0 saturated heterocycles. The molecule has 3 aromatic rings. The highest BCUT2D eigenvalue weighted by molar-refractivity contribution is 6.33. The van der Waals surface area contributed by atoms with Gasteiger partial charge in [0.1, 0.15) is 0 Å². The van der Waals surface area contributed by atoms with E-state index in [1.807, 2.05) is 31.2 Å². The average molecular weight is 320 g/mol. The van der Waals surface area contributed by atoms with E-state index in [2.05, 4.69) is 15.5 Å². The number of benzene rings is 2. The van der Waals surface area contributed by atoms with Crippen molar-refractivity contribution in [2.45, 2.75) is 6.92 Å². The molecule has 0 spiro atoms. The van der Waals surface area contributed by atoms with Crippen molar-refractivity contribution in [3.05, 3.63) is 52.0 Å². The average Bonchev–Trinajstić information content (AvgIpc) is 2.94. The third-order valence-electron chi connectivity index (χ3n) is 3.20. The first-order valence-electron chi connectivity index (χ1n) is 6.17. The Morgan fingerprint density at radius 3 is 2.67 bits per heavy atom. The predicted octanol–water partition coefficient (Wildman–Crippen LogP) is 3.53. The number of hydrogen-bond acceptors (Lipinski definition) is 4. The van der Waals surface area contributed by atoms with Gasteiger partial charge in [-0.15, -0.1) is 5.10 Å². The predicted molar refractivity (Wildman–Crippen MR) is 83.8 cm³/mol. The molecule has 3 rings (SSSR count). The standard InChI is InChI=1S/C14H11Cl2N5/c1-8-10(15)3-2-4-13(8)21-14(18-19-20-21)9-5-6-12(17)11(16)7-9/h2-7H,17H2,1H3. The van der Waals surface area contributed by atoms with Gasteiger partial charge >= 0.3 is 0 Å². The molecule has 21 heavy (non-hydrogen) atoms. The van der Waals surface area contributed by atoms with E-state index in [-0.39, 0.29) is 0 Å². The second-order valence-electron chi connectivity index (χ2n) is 4.53. The number of aromatic nitrogens is 4. The Kier molecular flexibility index (Phi) is 3.53. The van der Waals surface area contributed by atoms with Gasteiger partial charge in [0, 0.05) is 10.6 Å². The SMILES string of the molecule is Cc1c(Cl)cccc1-n1nnnc1-c1ccc(N)c(Cl)c1. The molecule has 1 aromatic heterocycles. The smallest absolute Gasteiger partial charge is 0.187 e. The first kappa shape index (κ1) is 13.9. The fraction of sp³-hybridized carbons (Fsp3) is 0.0714. The van der Waals surface area contributed by atoms with Gasteiger partial charge in [-0.2, -0.15) is 4.68 Å². The summed E-state index contributed by atoms with van der Waals surface area (Å²) in [7, 11) is 0. The fourth-order valence-corrected chi connectivity index (χ4v) is 2.37. The Hall–Kier alpha value is -2.11. The molecule has 0 aliphatic carbocycles. The molecule has 0 amide bonds. The zero-order chi connectivity index (χ0) is 15.0. The van der Waals surface area contributed by atoms with Gasteiger partial charge in [0.05, 0.1) is 16.4 Å². The molecular formula is C14H11Cl2N5. The molecule has 0 saturated carbocycles. The van der Waals surface area contributed by atoms with Gasteiger partial charge in [-0.1, -0.05) is 29.3 Å². The first-order valence-corrected chi connectivity index (χ1v) is 6.93. The van der Waals surface area contributed by atoms with Crippen LogP contribution in [0.15, 0.2) is 36.4 Å². The number of nitrogen functional groups attached to an aromatic ring is 1. The molecule has 2 N–H and O–H groups in total. The fourth-order valence-electron chi connectivity index (χ4n) is 2.02. The van der Waals surface area contributed by atoms with Crippen LogP contribution >= 0.6 is 23.2 Å². The highest BCUT2D eigenvalue weighted by Crippen LogP contribution is 2.28. The highest BCUT2D eigenvalue weighted by atomic mass is 35.5. The van der Waals surface area contributed by atoms with Crippen LogP contribution in [0.3, 0.4) is 0 Å². The number of nitrogens with two attached hydrogens (primary N) is 1. The van der Waals surface area contributed by atoms with Crippen LogP contribution in [0, 0.1) is 6.92 Å². The van der Waals surface area contributed by atoms with E-state index in [4.69, 9.17) is 28.9 Å². The van der Waals surface area contributed by atoms with Crippen LogP contribution in [0.5, 0.6) is 0 Å². The maximum Gasteiger partial charge on any atom is 0.187 e. The lowest BCUT2D eigenvalue weighted by Gasteiger charge is -2.09. The summed E-state index contributed by atoms with van der Waals surface area (Å²) >= 11 is 12.2. The molecule has 7 heteroatoms. The quantitative estimate of drug-likeness (QED) is 0.733. The molecule has 0 fully saturated rings. The van der Waals surface area contributed by atoms with E-state index < -0.39 is 0 Å². The second kappa shape index (κ2) is 5.35. The second-order valence-corrected chi connectivity index (χ2v) is 5.35. The van der Waals surface area contributed by atoms with E-state index in [9.17, 15) is 0 Å².